The molecule has 2 N–H and O–H groups in total. The van der Waals surface area contributed by atoms with Gasteiger partial charge in [-0.2, -0.15) is 0 Å². The lowest BCUT2D eigenvalue weighted by atomic mass is 9.97. The average Bonchev–Trinajstić information content (AvgIpc) is 2.48. The smallest absolute Gasteiger partial charge is 0.308 e. The zero-order valence-corrected chi connectivity index (χ0v) is 13.8. The van der Waals surface area contributed by atoms with Crippen molar-refractivity contribution in [1.29, 1.82) is 0 Å². The number of amides is 1. The minimum atomic E-state index is -0.872. The maximum Gasteiger partial charge on any atom is 0.308 e. The van der Waals surface area contributed by atoms with Crippen LogP contribution in [0.15, 0.2) is 24.3 Å². The van der Waals surface area contributed by atoms with Crippen LogP contribution in [0.25, 0.3) is 0 Å². The fraction of sp³-hybridized carbons (Fsp3) is 0.556. The van der Waals surface area contributed by atoms with E-state index in [-0.39, 0.29) is 18.4 Å². The number of aryl methyl sites for hydroxylation is 1. The monoisotopic (exact) mass is 305 g/mol. The van der Waals surface area contributed by atoms with Gasteiger partial charge in [-0.15, -0.1) is 0 Å². The largest absolute Gasteiger partial charge is 0.481 e. The first-order chi connectivity index (χ1) is 10.4. The molecule has 2 atom stereocenters. The Balaban J connectivity index is 2.54. The molecule has 0 aromatic heterocycles. The number of carbonyl (C=O) groups excluding carboxylic acids is 1. The van der Waals surface area contributed by atoms with Crippen molar-refractivity contribution >= 4 is 11.9 Å². The van der Waals surface area contributed by atoms with E-state index in [2.05, 4.69) is 12.2 Å². The number of benzene rings is 1. The Morgan fingerprint density at radius 1 is 1.32 bits per heavy atom. The molecule has 0 bridgehead atoms. The summed E-state index contributed by atoms with van der Waals surface area (Å²) in [6.45, 7) is 6.14. The molecule has 0 saturated carbocycles. The third-order valence-corrected chi connectivity index (χ3v) is 3.87. The van der Waals surface area contributed by atoms with E-state index < -0.39 is 11.9 Å². The lowest BCUT2D eigenvalue weighted by Crippen LogP contribution is -2.36. The number of carboxylic acid groups (broad SMARTS) is 1. The van der Waals surface area contributed by atoms with E-state index in [4.69, 9.17) is 0 Å². The van der Waals surface area contributed by atoms with Crippen LogP contribution in [-0.4, -0.2) is 23.5 Å². The van der Waals surface area contributed by atoms with Crippen LogP contribution in [0.2, 0.25) is 0 Å². The Labute approximate surface area is 132 Å². The van der Waals surface area contributed by atoms with E-state index in [0.717, 1.165) is 30.4 Å². The number of carbonyl (C=O) groups is 2. The van der Waals surface area contributed by atoms with E-state index in [9.17, 15) is 14.7 Å². The molecule has 4 nitrogen and oxygen atoms in total. The molecule has 0 radical (unpaired) electrons. The average molecular weight is 305 g/mol. The van der Waals surface area contributed by atoms with Crippen molar-refractivity contribution < 1.29 is 14.7 Å². The molecule has 0 aliphatic rings. The van der Waals surface area contributed by atoms with E-state index >= 15 is 0 Å². The van der Waals surface area contributed by atoms with Gasteiger partial charge >= 0.3 is 5.97 Å². The number of rotatable bonds is 9. The van der Waals surface area contributed by atoms with E-state index in [1.54, 1.807) is 0 Å². The maximum atomic E-state index is 12.0. The topological polar surface area (TPSA) is 66.4 Å². The van der Waals surface area contributed by atoms with Crippen LogP contribution < -0.4 is 5.32 Å². The summed E-state index contributed by atoms with van der Waals surface area (Å²) in [4.78, 5) is 23.4. The highest BCUT2D eigenvalue weighted by Crippen LogP contribution is 2.12. The molecular formula is C18H27NO3. The molecule has 1 amide bonds. The van der Waals surface area contributed by atoms with Crippen LogP contribution in [0.3, 0.4) is 0 Å². The van der Waals surface area contributed by atoms with Gasteiger partial charge in [0, 0.05) is 12.5 Å². The van der Waals surface area contributed by atoms with Crippen molar-refractivity contribution in [2.24, 2.45) is 11.8 Å². The van der Waals surface area contributed by atoms with Crippen LogP contribution in [0.4, 0.5) is 0 Å². The van der Waals surface area contributed by atoms with Gasteiger partial charge in [0.25, 0.3) is 0 Å². The number of hydrogen-bond donors (Lipinski definition) is 2. The third-order valence-electron chi connectivity index (χ3n) is 3.87. The first kappa shape index (κ1) is 18.2. The van der Waals surface area contributed by atoms with Gasteiger partial charge in [0.1, 0.15) is 0 Å². The van der Waals surface area contributed by atoms with Crippen LogP contribution >= 0.6 is 0 Å². The van der Waals surface area contributed by atoms with Gasteiger partial charge in [-0.25, -0.2) is 0 Å². The molecule has 0 aliphatic heterocycles. The third kappa shape index (κ3) is 6.29. The number of unbranched alkanes of at least 4 members (excludes halogenated alkanes) is 1. The second-order valence-electron chi connectivity index (χ2n) is 6.02. The maximum absolute atomic E-state index is 12.0. The Morgan fingerprint density at radius 3 is 2.64 bits per heavy atom. The molecule has 1 aromatic carbocycles. The summed E-state index contributed by atoms with van der Waals surface area (Å²) >= 11 is 0. The van der Waals surface area contributed by atoms with Gasteiger partial charge in [0.05, 0.1) is 5.92 Å². The number of nitrogens with one attached hydrogen (secondary N) is 1. The van der Waals surface area contributed by atoms with Crippen molar-refractivity contribution in [3.63, 3.8) is 0 Å². The normalized spacial score (nSPS) is 13.4. The first-order valence-corrected chi connectivity index (χ1v) is 8.00. The minimum absolute atomic E-state index is 0.0519. The summed E-state index contributed by atoms with van der Waals surface area (Å²) in [5.41, 5.74) is 2.10. The highest BCUT2D eigenvalue weighted by Gasteiger charge is 2.20. The van der Waals surface area contributed by atoms with Crippen molar-refractivity contribution in [2.75, 3.05) is 6.54 Å². The summed E-state index contributed by atoms with van der Waals surface area (Å²) in [6.07, 6.45) is 3.35. The Bertz CT molecular complexity index is 499. The fourth-order valence-electron chi connectivity index (χ4n) is 2.41. The van der Waals surface area contributed by atoms with E-state index in [1.165, 1.54) is 0 Å². The second kappa shape index (κ2) is 9.23. The predicted octanol–water partition coefficient (Wildman–Crippen LogP) is 3.18. The molecular weight excluding hydrogens is 278 g/mol. The van der Waals surface area contributed by atoms with Crippen molar-refractivity contribution in [3.05, 3.63) is 35.4 Å². The molecule has 0 spiro atoms. The van der Waals surface area contributed by atoms with E-state index in [1.807, 2.05) is 38.1 Å². The van der Waals surface area contributed by atoms with E-state index in [0.29, 0.717) is 6.42 Å². The van der Waals surface area contributed by atoms with Gasteiger partial charge < -0.3 is 10.4 Å². The second-order valence-corrected chi connectivity index (χ2v) is 6.02. The number of hydrogen-bond acceptors (Lipinski definition) is 2. The SMILES string of the molecule is CCCCC(C)C(=O)NCC(Cc1cccc(C)c1)C(=O)O. The molecule has 4 heteroatoms. The van der Waals surface area contributed by atoms with Gasteiger partial charge in [-0.3, -0.25) is 9.59 Å². The molecule has 1 aromatic rings. The van der Waals surface area contributed by atoms with Gasteiger partial charge in [-0.05, 0) is 25.3 Å². The fourth-order valence-corrected chi connectivity index (χ4v) is 2.41. The van der Waals surface area contributed by atoms with Crippen LogP contribution in [-0.2, 0) is 16.0 Å². The van der Waals surface area contributed by atoms with Gasteiger partial charge in [0.2, 0.25) is 5.91 Å². The lowest BCUT2D eigenvalue weighted by Gasteiger charge is -2.16. The summed E-state index contributed by atoms with van der Waals surface area (Å²) in [5, 5.41) is 12.1. The Hall–Kier alpha value is -1.84. The molecule has 0 heterocycles. The number of aliphatic carboxylic acids is 1. The quantitative estimate of drug-likeness (QED) is 0.736. The van der Waals surface area contributed by atoms with Crippen LogP contribution in [0, 0.1) is 18.8 Å². The summed E-state index contributed by atoms with van der Waals surface area (Å²) < 4.78 is 0. The minimum Gasteiger partial charge on any atom is -0.481 e. The summed E-state index contributed by atoms with van der Waals surface area (Å²) in [7, 11) is 0. The highest BCUT2D eigenvalue weighted by atomic mass is 16.4. The molecule has 0 saturated heterocycles. The van der Waals surface area contributed by atoms with Crippen molar-refractivity contribution in [1.82, 2.24) is 5.32 Å². The number of carboxylic acids is 1. The molecule has 2 unspecified atom stereocenters. The summed E-state index contributed by atoms with van der Waals surface area (Å²) in [5.74, 6) is -1.58. The Morgan fingerprint density at radius 2 is 2.05 bits per heavy atom. The van der Waals surface area contributed by atoms with Gasteiger partial charge in [-0.1, -0.05) is 56.5 Å². The first-order valence-electron chi connectivity index (χ1n) is 8.00. The molecule has 0 aliphatic carbocycles. The van der Waals surface area contributed by atoms with Gasteiger partial charge in [0.15, 0.2) is 0 Å². The lowest BCUT2D eigenvalue weighted by molar-refractivity contribution is -0.141. The zero-order valence-electron chi connectivity index (χ0n) is 13.8. The van der Waals surface area contributed by atoms with Crippen molar-refractivity contribution in [2.45, 2.75) is 46.5 Å². The van der Waals surface area contributed by atoms with Crippen LogP contribution in [0.1, 0.15) is 44.2 Å². The Kier molecular flexibility index (Phi) is 7.64. The molecule has 0 fully saturated rings. The summed E-state index contributed by atoms with van der Waals surface area (Å²) in [6, 6.07) is 7.82. The predicted molar refractivity (Wildman–Crippen MR) is 87.7 cm³/mol. The zero-order chi connectivity index (χ0) is 16.5. The standard InChI is InChI=1S/C18H27NO3/c1-4-5-8-14(3)17(20)19-12-16(18(21)22)11-15-9-6-7-13(2)10-15/h6-7,9-10,14,16H,4-5,8,11-12H2,1-3H3,(H,19,20)(H,21,22). The molecule has 22 heavy (non-hydrogen) atoms. The van der Waals surface area contributed by atoms with Crippen molar-refractivity contribution in [3.8, 4) is 0 Å². The van der Waals surface area contributed by atoms with Crippen LogP contribution in [0.5, 0.6) is 0 Å². The highest BCUT2D eigenvalue weighted by molar-refractivity contribution is 5.79. The molecule has 1 rings (SSSR count). The molecule has 122 valence electrons.